The molecule has 0 saturated heterocycles. The number of carbonyl (C=O) groups is 1. The Labute approximate surface area is 118 Å². The normalized spacial score (nSPS) is 11.1. The van der Waals surface area contributed by atoms with Crippen LogP contribution in [0.4, 0.5) is 0 Å². The van der Waals surface area contributed by atoms with Gasteiger partial charge in [-0.2, -0.15) is 0 Å². The van der Waals surface area contributed by atoms with Gasteiger partial charge in [-0.3, -0.25) is 9.36 Å². The van der Waals surface area contributed by atoms with Gasteiger partial charge in [0.05, 0.1) is 13.2 Å². The molecule has 0 spiro atoms. The highest BCUT2D eigenvalue weighted by molar-refractivity contribution is 9.12. The molecular weight excluding hydrogens is 339 g/mol. The summed E-state index contributed by atoms with van der Waals surface area (Å²) in [5.74, 6) is 0.562. The standard InChI is InChI=1S/C11H12BrO6P/c1-3-16-19(15,17-4-2)10-6-5-9(18-10)11(14)8(12)7-13/h5-6H,3-4H2,1-2H3. The molecule has 0 aliphatic rings. The van der Waals surface area contributed by atoms with E-state index in [9.17, 15) is 14.2 Å². The molecule has 0 aliphatic heterocycles. The molecule has 1 aromatic rings. The van der Waals surface area contributed by atoms with Crippen molar-refractivity contribution in [3.8, 4) is 0 Å². The average Bonchev–Trinajstić information content (AvgIpc) is 2.87. The largest absolute Gasteiger partial charge is 0.445 e. The molecule has 8 heteroatoms. The zero-order valence-electron chi connectivity index (χ0n) is 10.3. The second-order valence-electron chi connectivity index (χ2n) is 3.22. The first-order chi connectivity index (χ1) is 8.98. The highest BCUT2D eigenvalue weighted by Gasteiger charge is 2.32. The van der Waals surface area contributed by atoms with Crippen LogP contribution in [0.25, 0.3) is 0 Å². The third-order valence-electron chi connectivity index (χ3n) is 1.97. The maximum atomic E-state index is 12.3. The average molecular weight is 351 g/mol. The van der Waals surface area contributed by atoms with Crippen LogP contribution in [0.5, 0.6) is 0 Å². The Kier molecular flexibility index (Phi) is 5.91. The van der Waals surface area contributed by atoms with Gasteiger partial charge in [0.2, 0.25) is 11.3 Å². The monoisotopic (exact) mass is 350 g/mol. The van der Waals surface area contributed by atoms with E-state index in [0.29, 0.717) is 0 Å². The van der Waals surface area contributed by atoms with E-state index in [1.54, 1.807) is 13.8 Å². The predicted molar refractivity (Wildman–Crippen MR) is 71.7 cm³/mol. The van der Waals surface area contributed by atoms with Gasteiger partial charge in [-0.05, 0) is 41.9 Å². The lowest BCUT2D eigenvalue weighted by atomic mass is 10.3. The van der Waals surface area contributed by atoms with Gasteiger partial charge >= 0.3 is 7.60 Å². The van der Waals surface area contributed by atoms with Crippen LogP contribution < -0.4 is 5.50 Å². The maximum Gasteiger partial charge on any atom is 0.396 e. The van der Waals surface area contributed by atoms with Crippen molar-refractivity contribution >= 4 is 40.8 Å². The van der Waals surface area contributed by atoms with Crippen LogP contribution in [-0.4, -0.2) is 24.9 Å². The molecule has 0 fully saturated rings. The first kappa shape index (κ1) is 16.1. The number of Topliss-reactive ketones (excluding diaryl/α,β-unsaturated/α-hetero) is 1. The fourth-order valence-corrected chi connectivity index (χ4v) is 2.93. The molecule has 0 atom stereocenters. The van der Waals surface area contributed by atoms with E-state index in [4.69, 9.17) is 13.5 Å². The molecule has 0 aromatic carbocycles. The van der Waals surface area contributed by atoms with E-state index in [1.807, 2.05) is 0 Å². The maximum absolute atomic E-state index is 12.3. The van der Waals surface area contributed by atoms with Crippen molar-refractivity contribution in [1.82, 2.24) is 0 Å². The van der Waals surface area contributed by atoms with Crippen molar-refractivity contribution in [3.63, 3.8) is 0 Å². The lowest BCUT2D eigenvalue weighted by Crippen LogP contribution is -2.09. The molecule has 0 bridgehead atoms. The second kappa shape index (κ2) is 6.98. The summed E-state index contributed by atoms with van der Waals surface area (Å²) in [6.45, 7) is 3.65. The van der Waals surface area contributed by atoms with E-state index in [-0.39, 0.29) is 29.0 Å². The van der Waals surface area contributed by atoms with Crippen molar-refractivity contribution < 1.29 is 27.6 Å². The molecule has 1 aromatic heterocycles. The van der Waals surface area contributed by atoms with Gasteiger partial charge in [0, 0.05) is 0 Å². The van der Waals surface area contributed by atoms with Gasteiger partial charge in [0.15, 0.2) is 10.2 Å². The summed E-state index contributed by atoms with van der Waals surface area (Å²) < 4.78 is 27.3. The van der Waals surface area contributed by atoms with Crippen molar-refractivity contribution in [3.05, 3.63) is 22.4 Å². The molecule has 0 radical (unpaired) electrons. The van der Waals surface area contributed by atoms with Crippen LogP contribution in [-0.2, 0) is 18.4 Å². The molecule has 1 heterocycles. The van der Waals surface area contributed by atoms with Crippen LogP contribution in [0.1, 0.15) is 24.4 Å². The molecule has 0 N–H and O–H groups in total. The Morgan fingerprint density at radius 2 is 1.95 bits per heavy atom. The lowest BCUT2D eigenvalue weighted by Gasteiger charge is -2.13. The molecule has 6 nitrogen and oxygen atoms in total. The number of halogens is 1. The third-order valence-corrected chi connectivity index (χ3v) is 4.47. The number of hydrogen-bond donors (Lipinski definition) is 0. The highest BCUT2D eigenvalue weighted by Crippen LogP contribution is 2.47. The minimum atomic E-state index is -3.57. The topological polar surface area (TPSA) is 82.8 Å². The SMILES string of the molecule is CCOP(=O)(OCC)c1ccc(C(=O)C(Br)=C=O)o1. The molecule has 0 saturated carbocycles. The van der Waals surface area contributed by atoms with Crippen molar-refractivity contribution in [1.29, 1.82) is 0 Å². The fraction of sp³-hybridized carbons (Fsp3) is 0.364. The zero-order valence-corrected chi connectivity index (χ0v) is 12.8. The quantitative estimate of drug-likeness (QED) is 0.325. The van der Waals surface area contributed by atoms with Gasteiger partial charge in [0.1, 0.15) is 5.94 Å². The zero-order chi connectivity index (χ0) is 14.5. The number of ketones is 1. The number of hydrogen-bond acceptors (Lipinski definition) is 6. The van der Waals surface area contributed by atoms with E-state index in [0.717, 1.165) is 0 Å². The van der Waals surface area contributed by atoms with Crippen molar-refractivity contribution in [2.45, 2.75) is 13.8 Å². The molecule has 0 amide bonds. The minimum absolute atomic E-state index is 0.0780. The lowest BCUT2D eigenvalue weighted by molar-refractivity contribution is 0.102. The van der Waals surface area contributed by atoms with Crippen molar-refractivity contribution in [2.75, 3.05) is 13.2 Å². The van der Waals surface area contributed by atoms with Gasteiger partial charge in [0.25, 0.3) is 0 Å². The van der Waals surface area contributed by atoms with Gasteiger partial charge in [-0.25, -0.2) is 4.79 Å². The first-order valence-corrected chi connectivity index (χ1v) is 7.76. The number of carbonyl (C=O) groups excluding carboxylic acids is 2. The summed E-state index contributed by atoms with van der Waals surface area (Å²) in [6.07, 6.45) is 0. The van der Waals surface area contributed by atoms with Gasteiger partial charge < -0.3 is 13.5 Å². The van der Waals surface area contributed by atoms with Gasteiger partial charge in [-0.15, -0.1) is 0 Å². The highest BCUT2D eigenvalue weighted by atomic mass is 79.9. The predicted octanol–water partition coefficient (Wildman–Crippen LogP) is 2.46. The number of furan rings is 1. The Balaban J connectivity index is 3.10. The van der Waals surface area contributed by atoms with Crippen LogP contribution in [0, 0.1) is 0 Å². The Morgan fingerprint density at radius 1 is 1.37 bits per heavy atom. The van der Waals surface area contributed by atoms with E-state index in [1.165, 1.54) is 18.1 Å². The Bertz CT molecular complexity index is 547. The minimum Gasteiger partial charge on any atom is -0.445 e. The molecule has 1 rings (SSSR count). The van der Waals surface area contributed by atoms with Crippen LogP contribution in [0.3, 0.4) is 0 Å². The summed E-state index contributed by atoms with van der Waals surface area (Å²) in [7, 11) is -3.57. The molecule has 0 aliphatic carbocycles. The van der Waals surface area contributed by atoms with Gasteiger partial charge in [-0.1, -0.05) is 0 Å². The third kappa shape index (κ3) is 3.75. The van der Waals surface area contributed by atoms with E-state index in [2.05, 4.69) is 15.9 Å². The summed E-state index contributed by atoms with van der Waals surface area (Å²) in [4.78, 5) is 22.0. The second-order valence-corrected chi connectivity index (χ2v) is 5.96. The summed E-state index contributed by atoms with van der Waals surface area (Å²) in [6, 6.07) is 2.62. The van der Waals surface area contributed by atoms with Crippen LogP contribution in [0.2, 0.25) is 0 Å². The smallest absolute Gasteiger partial charge is 0.396 e. The Hall–Kier alpha value is -0.970. The summed E-state index contributed by atoms with van der Waals surface area (Å²) in [5, 5.41) is 0. The van der Waals surface area contributed by atoms with Crippen LogP contribution >= 0.6 is 23.5 Å². The summed E-state index contributed by atoms with van der Waals surface area (Å²) in [5.41, 5.74) is -0.0780. The molecule has 19 heavy (non-hydrogen) atoms. The molecule has 0 unspecified atom stereocenters. The molecule has 104 valence electrons. The fourth-order valence-electron chi connectivity index (χ4n) is 1.26. The van der Waals surface area contributed by atoms with E-state index < -0.39 is 13.4 Å². The van der Waals surface area contributed by atoms with E-state index >= 15 is 0 Å². The van der Waals surface area contributed by atoms with Crippen LogP contribution in [0.15, 0.2) is 21.0 Å². The number of allylic oxidation sites excluding steroid dienone is 1. The van der Waals surface area contributed by atoms with Crippen molar-refractivity contribution in [2.24, 2.45) is 0 Å². The molecular formula is C11H12BrO6P. The summed E-state index contributed by atoms with van der Waals surface area (Å²) >= 11 is 2.75. The first-order valence-electron chi connectivity index (χ1n) is 5.43. The Morgan fingerprint density at radius 3 is 2.42 bits per heavy atom. The number of rotatable bonds is 7.